The van der Waals surface area contributed by atoms with Crippen molar-refractivity contribution >= 4 is 37.8 Å². The standard InChI is InChI=1S/C11H10Br2F2O3/c1-2-17-10(16)8-4-7(13)3-6(5-12)9(8)18-11(14)15/h3-4,11H,2,5H2,1H3. The summed E-state index contributed by atoms with van der Waals surface area (Å²) in [6.07, 6.45) is 0. The maximum atomic E-state index is 12.4. The summed E-state index contributed by atoms with van der Waals surface area (Å²) in [5.74, 6) is -0.861. The Bertz CT molecular complexity index is 439. The van der Waals surface area contributed by atoms with Crippen LogP contribution in [0.5, 0.6) is 5.75 Å². The van der Waals surface area contributed by atoms with Crippen LogP contribution in [0.2, 0.25) is 0 Å². The molecule has 1 rings (SSSR count). The highest BCUT2D eigenvalue weighted by molar-refractivity contribution is 9.10. The highest BCUT2D eigenvalue weighted by Crippen LogP contribution is 2.32. The fraction of sp³-hybridized carbons (Fsp3) is 0.364. The quantitative estimate of drug-likeness (QED) is 0.563. The Kier molecular flexibility index (Phi) is 6.01. The zero-order valence-corrected chi connectivity index (χ0v) is 12.6. The molecule has 0 N–H and O–H groups in total. The summed E-state index contributed by atoms with van der Waals surface area (Å²) in [7, 11) is 0. The molecule has 0 aromatic heterocycles. The molecule has 1 aromatic rings. The number of ether oxygens (including phenoxy) is 2. The molecule has 18 heavy (non-hydrogen) atoms. The molecule has 1 aromatic carbocycles. The predicted molar refractivity (Wildman–Crippen MR) is 69.4 cm³/mol. The van der Waals surface area contributed by atoms with E-state index in [4.69, 9.17) is 4.74 Å². The fourth-order valence-corrected chi connectivity index (χ4v) is 2.26. The molecule has 0 aliphatic carbocycles. The Morgan fingerprint density at radius 1 is 1.44 bits per heavy atom. The maximum absolute atomic E-state index is 12.4. The smallest absolute Gasteiger partial charge is 0.387 e. The molecular formula is C11H10Br2F2O3. The number of rotatable bonds is 5. The fourth-order valence-electron chi connectivity index (χ4n) is 1.34. The first-order valence-electron chi connectivity index (χ1n) is 4.99. The van der Waals surface area contributed by atoms with Gasteiger partial charge < -0.3 is 9.47 Å². The van der Waals surface area contributed by atoms with E-state index in [-0.39, 0.29) is 23.2 Å². The van der Waals surface area contributed by atoms with Gasteiger partial charge in [-0.15, -0.1) is 0 Å². The van der Waals surface area contributed by atoms with Crippen LogP contribution in [0.4, 0.5) is 8.78 Å². The molecule has 0 heterocycles. The lowest BCUT2D eigenvalue weighted by molar-refractivity contribution is -0.0509. The van der Waals surface area contributed by atoms with E-state index in [1.165, 1.54) is 6.07 Å². The molecule has 0 fully saturated rings. The number of benzene rings is 1. The first-order chi connectivity index (χ1) is 8.49. The number of esters is 1. The van der Waals surface area contributed by atoms with Gasteiger partial charge in [0.05, 0.1) is 6.61 Å². The highest BCUT2D eigenvalue weighted by atomic mass is 79.9. The highest BCUT2D eigenvalue weighted by Gasteiger charge is 2.21. The van der Waals surface area contributed by atoms with Crippen molar-refractivity contribution in [3.8, 4) is 5.75 Å². The van der Waals surface area contributed by atoms with Gasteiger partial charge in [0.15, 0.2) is 0 Å². The molecule has 0 spiro atoms. The van der Waals surface area contributed by atoms with Gasteiger partial charge in [0.2, 0.25) is 0 Å². The molecular weight excluding hydrogens is 378 g/mol. The average Bonchev–Trinajstić information content (AvgIpc) is 2.30. The Morgan fingerprint density at radius 3 is 2.61 bits per heavy atom. The average molecular weight is 388 g/mol. The number of alkyl halides is 3. The van der Waals surface area contributed by atoms with Crippen molar-refractivity contribution in [2.45, 2.75) is 18.9 Å². The van der Waals surface area contributed by atoms with Crippen LogP contribution < -0.4 is 4.74 Å². The van der Waals surface area contributed by atoms with E-state index < -0.39 is 12.6 Å². The number of carbonyl (C=O) groups is 1. The molecule has 7 heteroatoms. The Labute approximate surface area is 120 Å². The second-order valence-corrected chi connectivity index (χ2v) is 4.65. The molecule has 0 radical (unpaired) electrons. The van der Waals surface area contributed by atoms with Crippen molar-refractivity contribution in [1.82, 2.24) is 0 Å². The van der Waals surface area contributed by atoms with Crippen LogP contribution >= 0.6 is 31.9 Å². The van der Waals surface area contributed by atoms with Gasteiger partial charge in [-0.25, -0.2) is 4.79 Å². The summed E-state index contributed by atoms with van der Waals surface area (Å²) in [6, 6.07) is 2.98. The molecule has 0 bridgehead atoms. The summed E-state index contributed by atoms with van der Waals surface area (Å²) in [6.45, 7) is -1.21. The minimum atomic E-state index is -3.00. The molecule has 0 saturated heterocycles. The molecule has 0 aliphatic rings. The van der Waals surface area contributed by atoms with Crippen molar-refractivity contribution in [3.05, 3.63) is 27.7 Å². The number of carbonyl (C=O) groups excluding carboxylic acids is 1. The molecule has 100 valence electrons. The van der Waals surface area contributed by atoms with Gasteiger partial charge in [-0.1, -0.05) is 31.9 Å². The van der Waals surface area contributed by atoms with Crippen LogP contribution in [-0.4, -0.2) is 19.2 Å². The van der Waals surface area contributed by atoms with Gasteiger partial charge in [0.1, 0.15) is 11.3 Å². The maximum Gasteiger partial charge on any atom is 0.387 e. The number of halogens is 4. The van der Waals surface area contributed by atoms with Crippen LogP contribution in [0.1, 0.15) is 22.8 Å². The largest absolute Gasteiger partial charge is 0.462 e. The van der Waals surface area contributed by atoms with E-state index in [9.17, 15) is 13.6 Å². The lowest BCUT2D eigenvalue weighted by atomic mass is 10.1. The van der Waals surface area contributed by atoms with Gasteiger partial charge in [-0.3, -0.25) is 0 Å². The van der Waals surface area contributed by atoms with E-state index >= 15 is 0 Å². The van der Waals surface area contributed by atoms with E-state index in [0.717, 1.165) is 0 Å². The second kappa shape index (κ2) is 7.04. The molecule has 0 atom stereocenters. The summed E-state index contributed by atoms with van der Waals surface area (Å²) < 4.78 is 34.5. The van der Waals surface area contributed by atoms with Crippen LogP contribution in [0, 0.1) is 0 Å². The Hall–Kier alpha value is -0.690. The monoisotopic (exact) mass is 386 g/mol. The number of hydrogen-bond donors (Lipinski definition) is 0. The molecule has 0 saturated carbocycles. The van der Waals surface area contributed by atoms with Crippen LogP contribution in [0.25, 0.3) is 0 Å². The third kappa shape index (κ3) is 3.91. The van der Waals surface area contributed by atoms with E-state index in [2.05, 4.69) is 36.6 Å². The van der Waals surface area contributed by atoms with Crippen molar-refractivity contribution in [2.24, 2.45) is 0 Å². The van der Waals surface area contributed by atoms with Crippen molar-refractivity contribution in [2.75, 3.05) is 6.61 Å². The first kappa shape index (κ1) is 15.4. The summed E-state index contributed by atoms with van der Waals surface area (Å²) in [4.78, 5) is 11.7. The number of hydrogen-bond acceptors (Lipinski definition) is 3. The summed E-state index contributed by atoms with van der Waals surface area (Å²) >= 11 is 6.36. The first-order valence-corrected chi connectivity index (χ1v) is 6.91. The topological polar surface area (TPSA) is 35.5 Å². The second-order valence-electron chi connectivity index (χ2n) is 3.17. The minimum absolute atomic E-state index is 0.0269. The zero-order chi connectivity index (χ0) is 13.7. The zero-order valence-electron chi connectivity index (χ0n) is 9.38. The van der Waals surface area contributed by atoms with Gasteiger partial charge in [0.25, 0.3) is 0 Å². The molecule has 0 amide bonds. The molecule has 0 unspecified atom stereocenters. The van der Waals surface area contributed by atoms with E-state index in [1.54, 1.807) is 13.0 Å². The van der Waals surface area contributed by atoms with Gasteiger partial charge >= 0.3 is 12.6 Å². The normalized spacial score (nSPS) is 10.6. The third-order valence-electron chi connectivity index (χ3n) is 1.98. The van der Waals surface area contributed by atoms with Crippen molar-refractivity contribution < 1.29 is 23.0 Å². The Morgan fingerprint density at radius 2 is 2.11 bits per heavy atom. The van der Waals surface area contributed by atoms with Crippen LogP contribution in [-0.2, 0) is 10.1 Å². The van der Waals surface area contributed by atoms with Crippen LogP contribution in [0.3, 0.4) is 0 Å². The van der Waals surface area contributed by atoms with Crippen molar-refractivity contribution in [3.63, 3.8) is 0 Å². The SMILES string of the molecule is CCOC(=O)c1cc(Br)cc(CBr)c1OC(F)F. The van der Waals surface area contributed by atoms with Gasteiger partial charge in [-0.05, 0) is 19.1 Å². The van der Waals surface area contributed by atoms with Crippen LogP contribution in [0.15, 0.2) is 16.6 Å². The Balaban J connectivity index is 3.27. The van der Waals surface area contributed by atoms with Gasteiger partial charge in [-0.2, -0.15) is 8.78 Å². The van der Waals surface area contributed by atoms with Gasteiger partial charge in [0, 0.05) is 15.4 Å². The van der Waals surface area contributed by atoms with E-state index in [1.807, 2.05) is 0 Å². The summed E-state index contributed by atoms with van der Waals surface area (Å²) in [5.41, 5.74) is 0.411. The summed E-state index contributed by atoms with van der Waals surface area (Å²) in [5, 5.41) is 0.279. The minimum Gasteiger partial charge on any atom is -0.462 e. The lowest BCUT2D eigenvalue weighted by Gasteiger charge is -2.14. The van der Waals surface area contributed by atoms with Crippen molar-refractivity contribution in [1.29, 1.82) is 0 Å². The molecule has 3 nitrogen and oxygen atoms in total. The van der Waals surface area contributed by atoms with E-state index in [0.29, 0.717) is 10.0 Å². The predicted octanol–water partition coefficient (Wildman–Crippen LogP) is 4.12. The lowest BCUT2D eigenvalue weighted by Crippen LogP contribution is -2.12. The molecule has 0 aliphatic heterocycles. The third-order valence-corrected chi connectivity index (χ3v) is 3.04.